The Kier molecular flexibility index (Phi) is 9.05. The highest BCUT2D eigenvalue weighted by atomic mass is 19.1. The lowest BCUT2D eigenvalue weighted by molar-refractivity contribution is 0.0648. The summed E-state index contributed by atoms with van der Waals surface area (Å²) < 4.78 is 24.8. The first-order valence-corrected chi connectivity index (χ1v) is 13.5. The van der Waals surface area contributed by atoms with E-state index >= 15 is 0 Å². The van der Waals surface area contributed by atoms with Crippen LogP contribution in [0.25, 0.3) is 16.6 Å². The molecule has 8 nitrogen and oxygen atoms in total. The molecule has 1 aromatic heterocycles. The predicted octanol–water partition coefficient (Wildman–Crippen LogP) is 6.08. The molecule has 2 N–H and O–H groups in total. The fraction of sp³-hybridized carbons (Fsp3) is 0.290. The van der Waals surface area contributed by atoms with Gasteiger partial charge in [-0.2, -0.15) is 0 Å². The van der Waals surface area contributed by atoms with Gasteiger partial charge in [0, 0.05) is 23.7 Å². The van der Waals surface area contributed by atoms with E-state index in [9.17, 15) is 4.39 Å². The molecule has 1 aliphatic rings. The summed E-state index contributed by atoms with van der Waals surface area (Å²) in [5.74, 6) is 1.71. The topological polar surface area (TPSA) is 80.8 Å². The van der Waals surface area contributed by atoms with Crippen molar-refractivity contribution < 1.29 is 18.7 Å². The first-order valence-electron chi connectivity index (χ1n) is 13.5. The molecule has 1 saturated heterocycles. The van der Waals surface area contributed by atoms with Gasteiger partial charge in [0.25, 0.3) is 0 Å². The molecule has 0 atom stereocenters. The largest absolute Gasteiger partial charge is 0.493 e. The summed E-state index contributed by atoms with van der Waals surface area (Å²) in [6.45, 7) is 8.35. The maximum atomic E-state index is 13.1. The van der Waals surface area contributed by atoms with Crippen molar-refractivity contribution in [3.05, 3.63) is 90.5 Å². The zero-order chi connectivity index (χ0) is 27.7. The van der Waals surface area contributed by atoms with Gasteiger partial charge in [-0.05, 0) is 73.8 Å². The number of hydrogen-bond acceptors (Lipinski definition) is 8. The highest BCUT2D eigenvalue weighted by Gasteiger charge is 2.14. The Morgan fingerprint density at radius 1 is 1.00 bits per heavy atom. The maximum Gasteiger partial charge on any atom is 0.162 e. The molecule has 5 rings (SSSR count). The van der Waals surface area contributed by atoms with E-state index in [-0.39, 0.29) is 12.4 Å². The van der Waals surface area contributed by atoms with E-state index in [1.807, 2.05) is 36.4 Å². The summed E-state index contributed by atoms with van der Waals surface area (Å²) in [4.78, 5) is 16.9. The Morgan fingerprint density at radius 2 is 1.77 bits per heavy atom. The number of hydrogen-bond donors (Lipinski definition) is 2. The molecule has 0 amide bonds. The van der Waals surface area contributed by atoms with Crippen LogP contribution in [0, 0.1) is 5.82 Å². The quantitative estimate of drug-likeness (QED) is 0.155. The van der Waals surface area contributed by atoms with Crippen LogP contribution in [0.5, 0.6) is 11.5 Å². The Labute approximate surface area is 233 Å². The number of benzene rings is 3. The van der Waals surface area contributed by atoms with Gasteiger partial charge in [0.15, 0.2) is 11.5 Å². The molecule has 40 heavy (non-hydrogen) atoms. The van der Waals surface area contributed by atoms with E-state index in [0.29, 0.717) is 29.6 Å². The van der Waals surface area contributed by atoms with Crippen LogP contribution in [0.2, 0.25) is 0 Å². The summed E-state index contributed by atoms with van der Waals surface area (Å²) in [5.41, 5.74) is 6.79. The van der Waals surface area contributed by atoms with Crippen molar-refractivity contribution in [2.75, 3.05) is 38.7 Å². The van der Waals surface area contributed by atoms with Crippen molar-refractivity contribution in [1.82, 2.24) is 20.3 Å². The number of hydroxylamine groups is 1. The third kappa shape index (κ3) is 7.05. The minimum Gasteiger partial charge on any atom is -0.493 e. The predicted molar refractivity (Wildman–Crippen MR) is 155 cm³/mol. The third-order valence-corrected chi connectivity index (χ3v) is 6.84. The minimum atomic E-state index is -0.276. The molecule has 2 heterocycles. The van der Waals surface area contributed by atoms with Crippen molar-refractivity contribution in [2.24, 2.45) is 0 Å². The van der Waals surface area contributed by atoms with Crippen molar-refractivity contribution >= 4 is 28.1 Å². The van der Waals surface area contributed by atoms with Gasteiger partial charge < -0.3 is 19.7 Å². The second-order valence-electron chi connectivity index (χ2n) is 9.69. The number of rotatable bonds is 13. The van der Waals surface area contributed by atoms with Crippen LogP contribution in [0.3, 0.4) is 0 Å². The van der Waals surface area contributed by atoms with E-state index in [1.165, 1.54) is 44.4 Å². The molecule has 4 aromatic rings. The molecular formula is C31H34FN5O3. The number of ether oxygens (including phenoxy) is 2. The van der Waals surface area contributed by atoms with Crippen LogP contribution in [-0.2, 0) is 11.4 Å². The van der Waals surface area contributed by atoms with Crippen LogP contribution in [-0.4, -0.2) is 48.2 Å². The normalized spacial score (nSPS) is 13.3. The average Bonchev–Trinajstić information content (AvgIpc) is 3.50. The third-order valence-electron chi connectivity index (χ3n) is 6.84. The fourth-order valence-electron chi connectivity index (χ4n) is 4.65. The van der Waals surface area contributed by atoms with Crippen LogP contribution in [0.15, 0.2) is 73.6 Å². The lowest BCUT2D eigenvalue weighted by Crippen LogP contribution is -2.21. The Hall–Kier alpha value is -4.21. The van der Waals surface area contributed by atoms with Gasteiger partial charge >= 0.3 is 0 Å². The molecule has 0 unspecified atom stereocenters. The van der Waals surface area contributed by atoms with E-state index in [0.717, 1.165) is 40.7 Å². The highest BCUT2D eigenvalue weighted by Crippen LogP contribution is 2.35. The molecule has 0 saturated carbocycles. The number of halogens is 1. The molecule has 3 aromatic carbocycles. The summed E-state index contributed by atoms with van der Waals surface area (Å²) in [5, 5.41) is 4.22. The van der Waals surface area contributed by atoms with Gasteiger partial charge in [-0.15, -0.1) is 0 Å². The summed E-state index contributed by atoms with van der Waals surface area (Å²) in [7, 11) is 1.64. The van der Waals surface area contributed by atoms with Gasteiger partial charge in [0.05, 0.1) is 31.5 Å². The summed E-state index contributed by atoms with van der Waals surface area (Å²) in [6.07, 6.45) is 5.06. The second-order valence-corrected chi connectivity index (χ2v) is 9.69. The maximum absolute atomic E-state index is 13.1. The molecule has 1 fully saturated rings. The number of nitrogens with zero attached hydrogens (tertiary/aromatic N) is 3. The molecule has 1 aliphatic heterocycles. The van der Waals surface area contributed by atoms with Gasteiger partial charge in [-0.3, -0.25) is 10.3 Å². The smallest absolute Gasteiger partial charge is 0.162 e. The van der Waals surface area contributed by atoms with Crippen LogP contribution >= 0.6 is 0 Å². The number of nitrogens with one attached hydrogen (secondary N) is 2. The Balaban J connectivity index is 1.21. The SMILES string of the molecule is C=C(NOCc1ccc(F)cc1)c1ccc(Nc2ncnc3cc(OC)c(OCCCN4CCCC4)cc23)cc1. The van der Waals surface area contributed by atoms with Crippen LogP contribution in [0.4, 0.5) is 15.9 Å². The number of fused-ring (bicyclic) bond motifs is 1. The fourth-order valence-corrected chi connectivity index (χ4v) is 4.65. The first kappa shape index (κ1) is 27.4. The van der Waals surface area contributed by atoms with Crippen molar-refractivity contribution in [2.45, 2.75) is 25.9 Å². The highest BCUT2D eigenvalue weighted by molar-refractivity contribution is 5.93. The zero-order valence-electron chi connectivity index (χ0n) is 22.7. The summed E-state index contributed by atoms with van der Waals surface area (Å²) in [6, 6.07) is 17.7. The molecule has 208 valence electrons. The van der Waals surface area contributed by atoms with E-state index in [2.05, 4.69) is 32.2 Å². The molecule has 0 aliphatic carbocycles. The monoisotopic (exact) mass is 543 g/mol. The van der Waals surface area contributed by atoms with Gasteiger partial charge in [0.2, 0.25) is 0 Å². The van der Waals surface area contributed by atoms with Gasteiger partial charge in [-0.1, -0.05) is 30.8 Å². The minimum absolute atomic E-state index is 0.276. The molecule has 0 bridgehead atoms. The lowest BCUT2D eigenvalue weighted by Gasteiger charge is -2.16. The van der Waals surface area contributed by atoms with Crippen LogP contribution < -0.4 is 20.3 Å². The number of anilines is 2. The van der Waals surface area contributed by atoms with E-state index in [1.54, 1.807) is 19.2 Å². The number of methoxy groups -OCH3 is 1. The lowest BCUT2D eigenvalue weighted by atomic mass is 10.1. The molecule has 0 radical (unpaired) electrons. The molecular weight excluding hydrogens is 509 g/mol. The van der Waals surface area contributed by atoms with Crippen molar-refractivity contribution in [3.63, 3.8) is 0 Å². The Bertz CT molecular complexity index is 1420. The summed E-state index contributed by atoms with van der Waals surface area (Å²) >= 11 is 0. The molecule has 0 spiro atoms. The molecule has 9 heteroatoms. The average molecular weight is 544 g/mol. The van der Waals surface area contributed by atoms with E-state index in [4.69, 9.17) is 14.3 Å². The van der Waals surface area contributed by atoms with Crippen LogP contribution in [0.1, 0.15) is 30.4 Å². The first-order chi connectivity index (χ1) is 19.6. The zero-order valence-corrected chi connectivity index (χ0v) is 22.7. The van der Waals surface area contributed by atoms with Crippen molar-refractivity contribution in [1.29, 1.82) is 0 Å². The number of aromatic nitrogens is 2. The van der Waals surface area contributed by atoms with Gasteiger partial charge in [-0.25, -0.2) is 14.4 Å². The standard InChI is InChI=1S/C31H34FN5O3/c1-22(36-40-20-23-6-10-25(32)11-7-23)24-8-12-26(13-9-24)35-31-27-18-30(29(38-2)19-28(27)33-21-34-31)39-17-5-16-37-14-3-4-15-37/h6-13,18-19,21,36H,1,3-5,14-17,20H2,2H3,(H,33,34,35). The van der Waals surface area contributed by atoms with Crippen molar-refractivity contribution in [3.8, 4) is 11.5 Å². The Morgan fingerprint density at radius 3 is 2.52 bits per heavy atom. The van der Waals surface area contributed by atoms with Gasteiger partial charge in [0.1, 0.15) is 18.0 Å². The number of likely N-dealkylation sites (tertiary alicyclic amines) is 1. The second kappa shape index (κ2) is 13.2. The van der Waals surface area contributed by atoms with E-state index < -0.39 is 0 Å².